The molecule has 0 aliphatic rings. The quantitative estimate of drug-likeness (QED) is 0.850. The number of rotatable bonds is 6. The summed E-state index contributed by atoms with van der Waals surface area (Å²) in [7, 11) is -4.22. The molecule has 6 nitrogen and oxygen atoms in total. The number of nitrogens with one attached hydrogen (secondary N) is 1. The van der Waals surface area contributed by atoms with Crippen LogP contribution < -0.4 is 9.46 Å². The van der Waals surface area contributed by atoms with Crippen molar-refractivity contribution in [2.24, 2.45) is 0 Å². The Bertz CT molecular complexity index is 655. The van der Waals surface area contributed by atoms with E-state index in [-0.39, 0.29) is 10.6 Å². The van der Waals surface area contributed by atoms with Crippen molar-refractivity contribution in [2.75, 3.05) is 0 Å². The molecule has 0 saturated carbocycles. The van der Waals surface area contributed by atoms with Gasteiger partial charge in [-0.25, -0.2) is 13.1 Å². The molecular formula is C14H19F2NO5S. The molecule has 0 bridgehead atoms. The van der Waals surface area contributed by atoms with Gasteiger partial charge in [-0.2, -0.15) is 8.78 Å². The van der Waals surface area contributed by atoms with Gasteiger partial charge in [-0.3, -0.25) is 4.79 Å². The van der Waals surface area contributed by atoms with E-state index in [0.717, 1.165) is 12.1 Å². The number of hydrogen-bond donors (Lipinski definition) is 1. The van der Waals surface area contributed by atoms with Crippen LogP contribution in [0.25, 0.3) is 0 Å². The summed E-state index contributed by atoms with van der Waals surface area (Å²) in [6.07, 6.45) is -1.01. The van der Waals surface area contributed by atoms with Crippen molar-refractivity contribution in [3.05, 3.63) is 24.3 Å². The van der Waals surface area contributed by atoms with Crippen LogP contribution in [0, 0.1) is 0 Å². The molecule has 0 spiro atoms. The van der Waals surface area contributed by atoms with Gasteiger partial charge in [0, 0.05) is 6.07 Å². The maximum Gasteiger partial charge on any atom is 0.387 e. The van der Waals surface area contributed by atoms with Gasteiger partial charge in [0.1, 0.15) is 11.9 Å². The van der Waals surface area contributed by atoms with E-state index < -0.39 is 34.2 Å². The van der Waals surface area contributed by atoms with Crippen molar-refractivity contribution in [3.8, 4) is 5.75 Å². The van der Waals surface area contributed by atoms with E-state index in [2.05, 4.69) is 4.74 Å². The van der Waals surface area contributed by atoms with Crippen LogP contribution in [0.1, 0.15) is 27.7 Å². The minimum Gasteiger partial charge on any atom is -0.435 e. The lowest BCUT2D eigenvalue weighted by atomic mass is 10.2. The van der Waals surface area contributed by atoms with E-state index in [1.807, 2.05) is 4.72 Å². The van der Waals surface area contributed by atoms with Crippen molar-refractivity contribution < 1.29 is 31.5 Å². The minimum atomic E-state index is -4.22. The van der Waals surface area contributed by atoms with E-state index in [4.69, 9.17) is 4.74 Å². The Balaban J connectivity index is 2.89. The molecule has 1 unspecified atom stereocenters. The molecule has 1 amide bonds. The number of sulfonamides is 1. The van der Waals surface area contributed by atoms with Crippen molar-refractivity contribution in [3.63, 3.8) is 0 Å². The predicted octanol–water partition coefficient (Wildman–Crippen LogP) is 2.30. The number of amides is 1. The molecule has 0 aliphatic carbocycles. The summed E-state index contributed by atoms with van der Waals surface area (Å²) in [6, 6.07) is 4.46. The van der Waals surface area contributed by atoms with Crippen LogP contribution in [0.3, 0.4) is 0 Å². The van der Waals surface area contributed by atoms with Crippen molar-refractivity contribution >= 4 is 15.9 Å². The van der Waals surface area contributed by atoms with Gasteiger partial charge in [-0.05, 0) is 39.8 Å². The largest absolute Gasteiger partial charge is 0.435 e. The molecule has 1 N–H and O–H groups in total. The summed E-state index contributed by atoms with van der Waals surface area (Å²) >= 11 is 0. The summed E-state index contributed by atoms with van der Waals surface area (Å²) in [5, 5.41) is 0. The maximum atomic E-state index is 12.2. The number of benzene rings is 1. The number of halogens is 2. The number of carbonyl (C=O) groups excluding carboxylic acids is 1. The number of carbonyl (C=O) groups is 1. The molecule has 1 atom stereocenters. The first-order chi connectivity index (χ1) is 10.4. The third-order valence-electron chi connectivity index (χ3n) is 2.48. The van der Waals surface area contributed by atoms with Crippen LogP contribution in [0.15, 0.2) is 29.2 Å². The average Bonchev–Trinajstić information content (AvgIpc) is 2.35. The molecule has 9 heteroatoms. The average molecular weight is 351 g/mol. The van der Waals surface area contributed by atoms with Crippen molar-refractivity contribution in [2.45, 2.75) is 50.9 Å². The second kappa shape index (κ2) is 7.22. The van der Waals surface area contributed by atoms with Crippen LogP contribution in [0.5, 0.6) is 5.75 Å². The molecule has 0 saturated heterocycles. The summed E-state index contributed by atoms with van der Waals surface area (Å²) in [5.41, 5.74) is -0.633. The van der Waals surface area contributed by atoms with Gasteiger partial charge in [0.05, 0.1) is 10.5 Å². The topological polar surface area (TPSA) is 81.7 Å². The third-order valence-corrected chi connectivity index (χ3v) is 3.82. The van der Waals surface area contributed by atoms with E-state index in [1.165, 1.54) is 19.1 Å². The molecule has 130 valence electrons. The normalized spacial score (nSPS) is 13.7. The summed E-state index contributed by atoms with van der Waals surface area (Å²) in [6.45, 7) is 3.48. The fourth-order valence-electron chi connectivity index (χ4n) is 1.68. The number of alkyl halides is 2. The van der Waals surface area contributed by atoms with Gasteiger partial charge in [0.2, 0.25) is 0 Å². The highest BCUT2D eigenvalue weighted by Crippen LogP contribution is 2.19. The highest BCUT2D eigenvalue weighted by atomic mass is 32.2. The van der Waals surface area contributed by atoms with Gasteiger partial charge in [-0.15, -0.1) is 0 Å². The standard InChI is InChI=1S/C14H19F2NO5S/c1-9(22-14(2,3)4)12(18)17-23(19,20)11-7-5-6-10(8-11)21-13(15)16/h5-9,13H,1-4H3,(H,17,18). The zero-order chi connectivity index (χ0) is 17.8. The van der Waals surface area contributed by atoms with Gasteiger partial charge in [-0.1, -0.05) is 6.07 Å². The van der Waals surface area contributed by atoms with Crippen LogP contribution in [0.2, 0.25) is 0 Å². The second-order valence-corrected chi connectivity index (χ2v) is 7.38. The van der Waals surface area contributed by atoms with Gasteiger partial charge >= 0.3 is 6.61 Å². The Morgan fingerprint density at radius 1 is 1.26 bits per heavy atom. The van der Waals surface area contributed by atoms with Crippen LogP contribution >= 0.6 is 0 Å². The van der Waals surface area contributed by atoms with E-state index in [9.17, 15) is 22.0 Å². The molecule has 0 aliphatic heterocycles. The lowest BCUT2D eigenvalue weighted by Crippen LogP contribution is -2.41. The fourth-order valence-corrected chi connectivity index (χ4v) is 2.75. The molecular weight excluding hydrogens is 332 g/mol. The second-order valence-electron chi connectivity index (χ2n) is 5.70. The van der Waals surface area contributed by atoms with Gasteiger partial charge in [0.15, 0.2) is 0 Å². The van der Waals surface area contributed by atoms with E-state index in [0.29, 0.717) is 0 Å². The third kappa shape index (κ3) is 6.49. The monoisotopic (exact) mass is 351 g/mol. The lowest BCUT2D eigenvalue weighted by molar-refractivity contribution is -0.138. The Labute approximate surface area is 133 Å². The molecule has 0 fully saturated rings. The van der Waals surface area contributed by atoms with Crippen LogP contribution in [0.4, 0.5) is 8.78 Å². The minimum absolute atomic E-state index is 0.325. The van der Waals surface area contributed by atoms with Crippen molar-refractivity contribution in [1.82, 2.24) is 4.72 Å². The molecule has 0 radical (unpaired) electrons. The van der Waals surface area contributed by atoms with E-state index in [1.54, 1.807) is 20.8 Å². The highest BCUT2D eigenvalue weighted by molar-refractivity contribution is 7.90. The smallest absolute Gasteiger partial charge is 0.387 e. The molecule has 0 heterocycles. The van der Waals surface area contributed by atoms with E-state index >= 15 is 0 Å². The van der Waals surface area contributed by atoms with Crippen LogP contribution in [-0.2, 0) is 19.6 Å². The zero-order valence-corrected chi connectivity index (χ0v) is 14.0. The lowest BCUT2D eigenvalue weighted by Gasteiger charge is -2.24. The number of hydrogen-bond acceptors (Lipinski definition) is 5. The molecule has 1 aromatic carbocycles. The Hall–Kier alpha value is -1.74. The van der Waals surface area contributed by atoms with Gasteiger partial charge < -0.3 is 9.47 Å². The Morgan fingerprint density at radius 2 is 1.87 bits per heavy atom. The first-order valence-electron chi connectivity index (χ1n) is 6.70. The highest BCUT2D eigenvalue weighted by Gasteiger charge is 2.26. The summed E-state index contributed by atoms with van der Waals surface area (Å²) in [4.78, 5) is 11.5. The number of ether oxygens (including phenoxy) is 2. The molecule has 23 heavy (non-hydrogen) atoms. The summed E-state index contributed by atoms with van der Waals surface area (Å²) < 4.78 is 59.9. The molecule has 1 aromatic rings. The predicted molar refractivity (Wildman–Crippen MR) is 78.7 cm³/mol. The van der Waals surface area contributed by atoms with Crippen LogP contribution in [-0.4, -0.2) is 32.6 Å². The first kappa shape index (κ1) is 19.3. The molecule has 0 aromatic heterocycles. The Kier molecular flexibility index (Phi) is 6.06. The molecule has 1 rings (SSSR count). The fraction of sp³-hybridized carbons (Fsp3) is 0.500. The first-order valence-corrected chi connectivity index (χ1v) is 8.18. The van der Waals surface area contributed by atoms with Gasteiger partial charge in [0.25, 0.3) is 15.9 Å². The summed E-state index contributed by atoms with van der Waals surface area (Å²) in [5.74, 6) is -1.19. The maximum absolute atomic E-state index is 12.2. The van der Waals surface area contributed by atoms with Crippen molar-refractivity contribution in [1.29, 1.82) is 0 Å². The zero-order valence-electron chi connectivity index (χ0n) is 13.2. The Morgan fingerprint density at radius 3 is 2.39 bits per heavy atom. The SMILES string of the molecule is CC(OC(C)(C)C)C(=O)NS(=O)(=O)c1cccc(OC(F)F)c1.